The zero-order valence-electron chi connectivity index (χ0n) is 15.9. The highest BCUT2D eigenvalue weighted by atomic mass is 35.5. The first-order valence-electron chi connectivity index (χ1n) is 9.98. The van der Waals surface area contributed by atoms with Crippen molar-refractivity contribution >= 4 is 24.0 Å². The van der Waals surface area contributed by atoms with Crippen molar-refractivity contribution in [1.82, 2.24) is 15.1 Å². The molecule has 2 fully saturated rings. The highest BCUT2D eigenvalue weighted by Crippen LogP contribution is 2.52. The summed E-state index contributed by atoms with van der Waals surface area (Å²) in [6.45, 7) is 2.15. The fourth-order valence-corrected chi connectivity index (χ4v) is 5.53. The number of hydrogen-bond donors (Lipinski definition) is 1. The van der Waals surface area contributed by atoms with Crippen molar-refractivity contribution in [3.05, 3.63) is 48.0 Å². The Morgan fingerprint density at radius 3 is 2.54 bits per heavy atom. The Labute approximate surface area is 170 Å². The van der Waals surface area contributed by atoms with E-state index in [0.29, 0.717) is 19.4 Å². The molecule has 1 saturated heterocycles. The lowest BCUT2D eigenvalue weighted by Gasteiger charge is -2.39. The zero-order chi connectivity index (χ0) is 18.5. The van der Waals surface area contributed by atoms with Gasteiger partial charge in [-0.25, -0.2) is 4.39 Å². The van der Waals surface area contributed by atoms with Crippen LogP contribution in [0.15, 0.2) is 36.7 Å². The van der Waals surface area contributed by atoms with E-state index in [-0.39, 0.29) is 29.5 Å². The summed E-state index contributed by atoms with van der Waals surface area (Å²) in [5.74, 6) is -0.105. The van der Waals surface area contributed by atoms with Crippen molar-refractivity contribution < 1.29 is 9.18 Å². The largest absolute Gasteiger partial charge is 0.317 e. The van der Waals surface area contributed by atoms with Crippen LogP contribution in [0.1, 0.15) is 44.1 Å². The van der Waals surface area contributed by atoms with E-state index in [1.807, 2.05) is 27.9 Å². The van der Waals surface area contributed by atoms with Crippen molar-refractivity contribution in [2.24, 2.45) is 0 Å². The van der Waals surface area contributed by atoms with Gasteiger partial charge in [0.1, 0.15) is 11.4 Å². The zero-order valence-corrected chi connectivity index (χ0v) is 16.7. The lowest BCUT2D eigenvalue weighted by atomic mass is 9.80. The van der Waals surface area contributed by atoms with Crippen LogP contribution < -0.4 is 10.2 Å². The van der Waals surface area contributed by atoms with Crippen LogP contribution in [0, 0.1) is 5.82 Å². The number of anilines is 1. The van der Waals surface area contributed by atoms with E-state index in [2.05, 4.69) is 10.4 Å². The summed E-state index contributed by atoms with van der Waals surface area (Å²) >= 11 is 0. The number of nitrogens with zero attached hydrogens (tertiary/aromatic N) is 3. The van der Waals surface area contributed by atoms with E-state index in [1.165, 1.54) is 0 Å². The number of rotatable bonds is 2. The monoisotopic (exact) mass is 404 g/mol. The molecule has 5 nitrogen and oxygen atoms in total. The Morgan fingerprint density at radius 1 is 1.11 bits per heavy atom. The highest BCUT2D eigenvalue weighted by molar-refractivity contribution is 6.01. The minimum atomic E-state index is -0.692. The Hall–Kier alpha value is -1.92. The topological polar surface area (TPSA) is 50.2 Å². The third-order valence-corrected chi connectivity index (χ3v) is 6.85. The third-order valence-electron chi connectivity index (χ3n) is 6.85. The molecule has 3 aliphatic rings. The minimum Gasteiger partial charge on any atom is -0.317 e. The van der Waals surface area contributed by atoms with Crippen molar-refractivity contribution in [2.75, 3.05) is 24.5 Å². The van der Waals surface area contributed by atoms with Gasteiger partial charge in [0, 0.05) is 29.9 Å². The number of carbonyl (C=O) groups is 1. The van der Waals surface area contributed by atoms with Gasteiger partial charge in [-0.2, -0.15) is 5.10 Å². The summed E-state index contributed by atoms with van der Waals surface area (Å²) in [5, 5.41) is 7.79. The maximum atomic E-state index is 14.9. The average Bonchev–Trinajstić information content (AvgIpc) is 3.44. The Kier molecular flexibility index (Phi) is 4.96. The molecule has 0 radical (unpaired) electrons. The Morgan fingerprint density at radius 2 is 1.86 bits per heavy atom. The van der Waals surface area contributed by atoms with Crippen LogP contribution in [-0.4, -0.2) is 35.3 Å². The molecule has 1 amide bonds. The van der Waals surface area contributed by atoms with Gasteiger partial charge in [-0.05, 0) is 57.0 Å². The van der Waals surface area contributed by atoms with E-state index >= 15 is 0 Å². The summed E-state index contributed by atoms with van der Waals surface area (Å²) in [6.07, 6.45) is 9.13. The molecule has 2 aromatic rings. The van der Waals surface area contributed by atoms with Crippen LogP contribution in [0.2, 0.25) is 0 Å². The predicted molar refractivity (Wildman–Crippen MR) is 108 cm³/mol. The molecule has 1 aliphatic carbocycles. The summed E-state index contributed by atoms with van der Waals surface area (Å²) in [6, 6.07) is 7.06. The molecule has 28 heavy (non-hydrogen) atoms. The molecule has 1 saturated carbocycles. The molecule has 0 bridgehead atoms. The van der Waals surface area contributed by atoms with Crippen molar-refractivity contribution in [2.45, 2.75) is 49.5 Å². The first-order chi connectivity index (χ1) is 13.2. The number of fused-ring (bicyclic) bond motifs is 2. The van der Waals surface area contributed by atoms with E-state index in [9.17, 15) is 9.18 Å². The second-order valence-electron chi connectivity index (χ2n) is 8.24. The summed E-state index contributed by atoms with van der Waals surface area (Å²) in [5.41, 5.74) is 0.629. The van der Waals surface area contributed by atoms with E-state index in [0.717, 1.165) is 50.0 Å². The standard InChI is InChI=1S/C21H25FN4O.ClH/c22-16-5-3-6-17-18(16)20(7-1-2-8-20)15-25(17)19(27)21(9-12-23-13-10-21)26-14-4-11-24-26;/h3-6,11,14,23H,1-2,7-10,12-13,15H2;1H. The number of amides is 1. The van der Waals surface area contributed by atoms with Gasteiger partial charge in [-0.3, -0.25) is 9.48 Å². The van der Waals surface area contributed by atoms with Crippen LogP contribution in [0.3, 0.4) is 0 Å². The highest BCUT2D eigenvalue weighted by Gasteiger charge is 2.52. The lowest BCUT2D eigenvalue weighted by Crippen LogP contribution is -2.56. The number of benzene rings is 1. The van der Waals surface area contributed by atoms with Crippen LogP contribution in [0.25, 0.3) is 0 Å². The fourth-order valence-electron chi connectivity index (χ4n) is 5.53. The molecule has 1 aromatic carbocycles. The number of carbonyl (C=O) groups excluding carboxylic acids is 1. The molecule has 1 N–H and O–H groups in total. The molecule has 7 heteroatoms. The first kappa shape index (κ1) is 19.4. The lowest BCUT2D eigenvalue weighted by molar-refractivity contribution is -0.129. The van der Waals surface area contributed by atoms with Gasteiger partial charge < -0.3 is 10.2 Å². The van der Waals surface area contributed by atoms with Crippen LogP contribution in [0.5, 0.6) is 0 Å². The molecule has 1 aromatic heterocycles. The summed E-state index contributed by atoms with van der Waals surface area (Å²) < 4.78 is 16.7. The van der Waals surface area contributed by atoms with Crippen LogP contribution in [-0.2, 0) is 15.7 Å². The van der Waals surface area contributed by atoms with Gasteiger partial charge in [0.05, 0.1) is 5.69 Å². The van der Waals surface area contributed by atoms with Gasteiger partial charge in [0.2, 0.25) is 0 Å². The maximum Gasteiger partial charge on any atom is 0.255 e. The molecule has 1 spiro atoms. The van der Waals surface area contributed by atoms with Gasteiger partial charge in [0.25, 0.3) is 5.91 Å². The molecule has 150 valence electrons. The van der Waals surface area contributed by atoms with E-state index in [1.54, 1.807) is 18.3 Å². The second-order valence-corrected chi connectivity index (χ2v) is 8.24. The minimum absolute atomic E-state index is 0. The van der Waals surface area contributed by atoms with Gasteiger partial charge >= 0.3 is 0 Å². The first-order valence-corrected chi connectivity index (χ1v) is 9.98. The summed E-state index contributed by atoms with van der Waals surface area (Å²) in [7, 11) is 0. The van der Waals surface area contributed by atoms with Crippen molar-refractivity contribution in [1.29, 1.82) is 0 Å². The number of aromatic nitrogens is 2. The molecule has 0 atom stereocenters. The molecule has 2 aliphatic heterocycles. The van der Waals surface area contributed by atoms with Gasteiger partial charge in [-0.15, -0.1) is 12.4 Å². The van der Waals surface area contributed by atoms with Crippen LogP contribution >= 0.6 is 12.4 Å². The normalized spacial score (nSPS) is 22.1. The number of hydrogen-bond acceptors (Lipinski definition) is 3. The van der Waals surface area contributed by atoms with Crippen molar-refractivity contribution in [3.63, 3.8) is 0 Å². The predicted octanol–water partition coefficient (Wildman–Crippen LogP) is 3.38. The smallest absolute Gasteiger partial charge is 0.255 e. The molecular formula is C21H26ClFN4O. The van der Waals surface area contributed by atoms with E-state index in [4.69, 9.17) is 0 Å². The molecule has 5 rings (SSSR count). The fraction of sp³-hybridized carbons (Fsp3) is 0.524. The van der Waals surface area contributed by atoms with E-state index < -0.39 is 5.54 Å². The maximum absolute atomic E-state index is 14.9. The van der Waals surface area contributed by atoms with Gasteiger partial charge in [0.15, 0.2) is 0 Å². The second kappa shape index (κ2) is 7.16. The average molecular weight is 405 g/mol. The third kappa shape index (κ3) is 2.69. The molecular weight excluding hydrogens is 379 g/mol. The number of nitrogens with one attached hydrogen (secondary N) is 1. The Balaban J connectivity index is 0.00000192. The SMILES string of the molecule is Cl.O=C(N1CC2(CCCC2)c2c(F)cccc21)C1(n2cccn2)CCNCC1. The van der Waals surface area contributed by atoms with Crippen molar-refractivity contribution in [3.8, 4) is 0 Å². The number of piperidine rings is 1. The molecule has 3 heterocycles. The number of halogens is 2. The molecule has 0 unspecified atom stereocenters. The summed E-state index contributed by atoms with van der Waals surface area (Å²) in [4.78, 5) is 15.8. The Bertz CT molecular complexity index is 857. The quantitative estimate of drug-likeness (QED) is 0.834. The van der Waals surface area contributed by atoms with Gasteiger partial charge in [-0.1, -0.05) is 18.9 Å². The van der Waals surface area contributed by atoms with Crippen LogP contribution in [0.4, 0.5) is 10.1 Å².